The van der Waals surface area contributed by atoms with E-state index in [0.717, 1.165) is 42.8 Å². The lowest BCUT2D eigenvalue weighted by Gasteiger charge is -2.34. The first-order valence-electron chi connectivity index (χ1n) is 12.0. The van der Waals surface area contributed by atoms with Crippen LogP contribution in [0.5, 0.6) is 0 Å². The largest absolute Gasteiger partial charge is 0.338 e. The number of piperidine rings is 1. The van der Waals surface area contributed by atoms with Gasteiger partial charge in [0.15, 0.2) is 0 Å². The number of rotatable bonds is 5. The van der Waals surface area contributed by atoms with Gasteiger partial charge >= 0.3 is 0 Å². The van der Waals surface area contributed by atoms with Crippen LogP contribution in [0.2, 0.25) is 0 Å². The molecule has 3 aromatic rings. The molecule has 170 valence electrons. The smallest absolute Gasteiger partial charge is 0.255 e. The molecule has 3 nitrogen and oxygen atoms in total. The molecule has 0 saturated carbocycles. The molecule has 33 heavy (non-hydrogen) atoms. The number of carbonyl (C=O) groups excluding carboxylic acids is 1. The number of halogens is 1. The first-order chi connectivity index (χ1) is 16.2. The fraction of sp³-hybridized carbons (Fsp3) is 0.345. The zero-order chi connectivity index (χ0) is 22.6. The standard InChI is InChI=1S/C29H31BrN2O/c30-28-14-8-7-13-26(28)29(33)32-20-25(27(21-32)24-11-5-2-6-12-24)19-31-17-15-23(16-18-31)22-9-3-1-4-10-22/h1-14,23,25,27H,15-21H2/t25?,27-/m1/s1. The second kappa shape index (κ2) is 10.2. The molecule has 3 aromatic carbocycles. The molecule has 1 unspecified atom stereocenters. The summed E-state index contributed by atoms with van der Waals surface area (Å²) in [7, 11) is 0. The normalized spacial score (nSPS) is 21.9. The quantitative estimate of drug-likeness (QED) is 0.415. The molecule has 0 bridgehead atoms. The molecular formula is C29H31BrN2O. The Bertz CT molecular complexity index is 1060. The van der Waals surface area contributed by atoms with Gasteiger partial charge in [0.2, 0.25) is 0 Å². The number of carbonyl (C=O) groups is 1. The fourth-order valence-electron chi connectivity index (χ4n) is 5.61. The summed E-state index contributed by atoms with van der Waals surface area (Å²) in [6.07, 6.45) is 2.43. The minimum Gasteiger partial charge on any atom is -0.338 e. The van der Waals surface area contributed by atoms with E-state index in [1.165, 1.54) is 24.0 Å². The van der Waals surface area contributed by atoms with E-state index in [2.05, 4.69) is 86.4 Å². The third-order valence-corrected chi connectivity index (χ3v) is 8.10. The second-order valence-corrected chi connectivity index (χ2v) is 10.3. The van der Waals surface area contributed by atoms with Crippen molar-refractivity contribution in [1.29, 1.82) is 0 Å². The summed E-state index contributed by atoms with van der Waals surface area (Å²) in [4.78, 5) is 18.1. The van der Waals surface area contributed by atoms with Crippen molar-refractivity contribution in [3.63, 3.8) is 0 Å². The maximum Gasteiger partial charge on any atom is 0.255 e. The number of amides is 1. The predicted molar refractivity (Wildman–Crippen MR) is 138 cm³/mol. The Morgan fingerprint density at radius 2 is 1.39 bits per heavy atom. The van der Waals surface area contributed by atoms with Crippen molar-refractivity contribution in [2.45, 2.75) is 24.7 Å². The lowest BCUT2D eigenvalue weighted by molar-refractivity contribution is 0.0780. The van der Waals surface area contributed by atoms with Crippen LogP contribution in [-0.4, -0.2) is 48.4 Å². The van der Waals surface area contributed by atoms with Crippen LogP contribution >= 0.6 is 15.9 Å². The summed E-state index contributed by atoms with van der Waals surface area (Å²) in [6.45, 7) is 4.93. The first-order valence-corrected chi connectivity index (χ1v) is 12.8. The van der Waals surface area contributed by atoms with Gasteiger partial charge in [-0.1, -0.05) is 72.8 Å². The van der Waals surface area contributed by atoms with Crippen LogP contribution in [0.25, 0.3) is 0 Å². The van der Waals surface area contributed by atoms with Crippen molar-refractivity contribution in [3.8, 4) is 0 Å². The van der Waals surface area contributed by atoms with E-state index in [1.54, 1.807) is 0 Å². The van der Waals surface area contributed by atoms with E-state index in [4.69, 9.17) is 0 Å². The summed E-state index contributed by atoms with van der Waals surface area (Å²) < 4.78 is 0.873. The van der Waals surface area contributed by atoms with Gasteiger partial charge in [0.05, 0.1) is 5.56 Å². The van der Waals surface area contributed by atoms with Gasteiger partial charge in [-0.25, -0.2) is 0 Å². The Hall–Kier alpha value is -2.43. The summed E-state index contributed by atoms with van der Waals surface area (Å²) >= 11 is 3.57. The van der Waals surface area contributed by atoms with Crippen LogP contribution in [0.1, 0.15) is 46.2 Å². The zero-order valence-corrected chi connectivity index (χ0v) is 20.5. The molecule has 5 rings (SSSR count). The van der Waals surface area contributed by atoms with Crippen LogP contribution in [0.3, 0.4) is 0 Å². The molecule has 2 aliphatic rings. The molecule has 0 aliphatic carbocycles. The number of likely N-dealkylation sites (tertiary alicyclic amines) is 2. The highest BCUT2D eigenvalue weighted by molar-refractivity contribution is 9.10. The lowest BCUT2D eigenvalue weighted by atomic mass is 9.86. The van der Waals surface area contributed by atoms with Crippen LogP contribution in [0.4, 0.5) is 0 Å². The maximum absolute atomic E-state index is 13.4. The average Bonchev–Trinajstić information content (AvgIpc) is 3.29. The van der Waals surface area contributed by atoms with Crippen LogP contribution < -0.4 is 0 Å². The van der Waals surface area contributed by atoms with Crippen molar-refractivity contribution < 1.29 is 4.79 Å². The van der Waals surface area contributed by atoms with Gasteiger partial charge in [-0.05, 0) is 77.0 Å². The van der Waals surface area contributed by atoms with Gasteiger partial charge in [0.1, 0.15) is 0 Å². The second-order valence-electron chi connectivity index (χ2n) is 9.45. The SMILES string of the molecule is O=C(c1ccccc1Br)N1CC(CN2CCC(c3ccccc3)CC2)[C@@H](c2ccccc2)C1. The third-order valence-electron chi connectivity index (χ3n) is 7.41. The molecule has 1 amide bonds. The molecule has 2 aliphatic heterocycles. The minimum absolute atomic E-state index is 0.133. The Morgan fingerprint density at radius 3 is 2.06 bits per heavy atom. The van der Waals surface area contributed by atoms with Crippen LogP contribution in [-0.2, 0) is 0 Å². The monoisotopic (exact) mass is 502 g/mol. The molecule has 2 heterocycles. The van der Waals surface area contributed by atoms with Gasteiger partial charge in [0.25, 0.3) is 5.91 Å². The molecular weight excluding hydrogens is 472 g/mol. The number of hydrogen-bond acceptors (Lipinski definition) is 2. The summed E-state index contributed by atoms with van der Waals surface area (Å²) in [5.74, 6) is 1.63. The molecule has 0 radical (unpaired) electrons. The zero-order valence-electron chi connectivity index (χ0n) is 18.9. The van der Waals surface area contributed by atoms with Gasteiger partial charge in [0, 0.05) is 30.0 Å². The van der Waals surface area contributed by atoms with Gasteiger partial charge in [-0.2, -0.15) is 0 Å². The van der Waals surface area contributed by atoms with Gasteiger partial charge < -0.3 is 9.80 Å². The van der Waals surface area contributed by atoms with Crippen molar-refractivity contribution in [1.82, 2.24) is 9.80 Å². The van der Waals surface area contributed by atoms with E-state index in [9.17, 15) is 4.79 Å². The van der Waals surface area contributed by atoms with Crippen LogP contribution in [0.15, 0.2) is 89.4 Å². The highest BCUT2D eigenvalue weighted by Gasteiger charge is 2.38. The molecule has 0 spiro atoms. The molecule has 0 aromatic heterocycles. The Balaban J connectivity index is 1.29. The minimum atomic E-state index is 0.133. The highest BCUT2D eigenvalue weighted by atomic mass is 79.9. The number of hydrogen-bond donors (Lipinski definition) is 0. The van der Waals surface area contributed by atoms with E-state index >= 15 is 0 Å². The van der Waals surface area contributed by atoms with Crippen LogP contribution in [0, 0.1) is 5.92 Å². The summed E-state index contributed by atoms with van der Waals surface area (Å²) in [6, 6.07) is 29.5. The topological polar surface area (TPSA) is 23.6 Å². The maximum atomic E-state index is 13.4. The van der Waals surface area contributed by atoms with E-state index < -0.39 is 0 Å². The molecule has 0 N–H and O–H groups in total. The fourth-order valence-corrected chi connectivity index (χ4v) is 6.07. The highest BCUT2D eigenvalue weighted by Crippen LogP contribution is 2.36. The molecule has 4 heteroatoms. The molecule has 2 atom stereocenters. The van der Waals surface area contributed by atoms with Crippen molar-refractivity contribution in [3.05, 3.63) is 106 Å². The van der Waals surface area contributed by atoms with Crippen molar-refractivity contribution in [2.75, 3.05) is 32.7 Å². The van der Waals surface area contributed by atoms with Gasteiger partial charge in [-0.3, -0.25) is 4.79 Å². The number of benzene rings is 3. The van der Waals surface area contributed by atoms with Crippen molar-refractivity contribution in [2.24, 2.45) is 5.92 Å². The summed E-state index contributed by atoms with van der Waals surface area (Å²) in [5, 5.41) is 0. The van der Waals surface area contributed by atoms with E-state index in [0.29, 0.717) is 17.8 Å². The first kappa shape index (κ1) is 22.4. The predicted octanol–water partition coefficient (Wildman–Crippen LogP) is 6.18. The van der Waals surface area contributed by atoms with Gasteiger partial charge in [-0.15, -0.1) is 0 Å². The van der Waals surface area contributed by atoms with E-state index in [1.807, 2.05) is 24.3 Å². The lowest BCUT2D eigenvalue weighted by Crippen LogP contribution is -2.38. The van der Waals surface area contributed by atoms with Crippen molar-refractivity contribution >= 4 is 21.8 Å². The molecule has 2 saturated heterocycles. The summed E-state index contributed by atoms with van der Waals surface area (Å²) in [5.41, 5.74) is 3.59. The Morgan fingerprint density at radius 1 is 0.788 bits per heavy atom. The number of nitrogens with zero attached hydrogens (tertiary/aromatic N) is 2. The van der Waals surface area contributed by atoms with E-state index in [-0.39, 0.29) is 5.91 Å². The Kier molecular flexibility index (Phi) is 6.93. The Labute approximate surface area is 205 Å². The molecule has 2 fully saturated rings. The average molecular weight is 503 g/mol. The third kappa shape index (κ3) is 5.07.